The number of aromatic nitrogens is 3. The third kappa shape index (κ3) is 3.24. The van der Waals surface area contributed by atoms with Gasteiger partial charge in [-0.15, -0.1) is 0 Å². The quantitative estimate of drug-likeness (QED) is 0.931. The molecule has 3 heterocycles. The van der Waals surface area contributed by atoms with Crippen molar-refractivity contribution in [3.8, 4) is 0 Å². The maximum absolute atomic E-state index is 4.69. The first kappa shape index (κ1) is 14.5. The van der Waals surface area contributed by atoms with Gasteiger partial charge in [0.2, 0.25) is 5.78 Å². The van der Waals surface area contributed by atoms with Crippen molar-refractivity contribution in [2.75, 3.05) is 26.7 Å². The van der Waals surface area contributed by atoms with Crippen molar-refractivity contribution in [3.05, 3.63) is 29.3 Å². The number of imidazole rings is 1. The third-order valence-corrected chi connectivity index (χ3v) is 4.29. The van der Waals surface area contributed by atoms with Gasteiger partial charge in [0.15, 0.2) is 0 Å². The van der Waals surface area contributed by atoms with E-state index in [9.17, 15) is 0 Å². The molecule has 0 aromatic carbocycles. The number of nitrogens with zero attached hydrogens (tertiary/aromatic N) is 4. The smallest absolute Gasteiger partial charge is 0.234 e. The lowest BCUT2D eigenvalue weighted by Gasteiger charge is -2.32. The summed E-state index contributed by atoms with van der Waals surface area (Å²) in [6, 6.07) is 2.10. The lowest BCUT2D eigenvalue weighted by molar-refractivity contribution is 0.165. The Morgan fingerprint density at radius 2 is 2.19 bits per heavy atom. The number of hydrogen-bond donors (Lipinski definition) is 1. The standard InChI is InChI=1S/C16H25N5/c1-12-7-13(2)21-11-15(19-16(21)18-12)10-20-6-4-5-14(9-20)8-17-3/h7,11,14,17H,4-6,8-10H2,1-3H3. The molecule has 5 heteroatoms. The van der Waals surface area contributed by atoms with Crippen LogP contribution in [0, 0.1) is 19.8 Å². The van der Waals surface area contributed by atoms with Crippen LogP contribution in [0.4, 0.5) is 0 Å². The number of fused-ring (bicyclic) bond motifs is 1. The van der Waals surface area contributed by atoms with Crippen LogP contribution in [0.2, 0.25) is 0 Å². The minimum absolute atomic E-state index is 0.767. The van der Waals surface area contributed by atoms with E-state index in [4.69, 9.17) is 4.98 Å². The molecule has 0 saturated carbocycles. The Morgan fingerprint density at radius 3 is 3.00 bits per heavy atom. The first-order valence-corrected chi connectivity index (χ1v) is 7.85. The average molecular weight is 287 g/mol. The van der Waals surface area contributed by atoms with Gasteiger partial charge < -0.3 is 5.32 Å². The summed E-state index contributed by atoms with van der Waals surface area (Å²) in [5.41, 5.74) is 3.36. The molecule has 1 saturated heterocycles. The molecule has 1 fully saturated rings. The Morgan fingerprint density at radius 1 is 1.33 bits per heavy atom. The molecule has 2 aromatic heterocycles. The van der Waals surface area contributed by atoms with Gasteiger partial charge in [0.05, 0.1) is 5.69 Å². The van der Waals surface area contributed by atoms with Crippen molar-refractivity contribution in [1.29, 1.82) is 0 Å². The highest BCUT2D eigenvalue weighted by Gasteiger charge is 2.20. The monoisotopic (exact) mass is 287 g/mol. The predicted octanol–water partition coefficient (Wildman–Crippen LogP) is 1.78. The molecule has 2 aromatic rings. The van der Waals surface area contributed by atoms with Gasteiger partial charge in [-0.3, -0.25) is 9.30 Å². The van der Waals surface area contributed by atoms with Gasteiger partial charge in [-0.2, -0.15) is 0 Å². The van der Waals surface area contributed by atoms with Crippen LogP contribution in [-0.4, -0.2) is 46.0 Å². The van der Waals surface area contributed by atoms with Crippen LogP contribution in [0.25, 0.3) is 5.78 Å². The van der Waals surface area contributed by atoms with Crippen molar-refractivity contribution in [1.82, 2.24) is 24.6 Å². The second-order valence-electron chi connectivity index (χ2n) is 6.24. The van der Waals surface area contributed by atoms with Crippen LogP contribution in [-0.2, 0) is 6.54 Å². The number of aryl methyl sites for hydroxylation is 2. The Kier molecular flexibility index (Phi) is 4.22. The first-order chi connectivity index (χ1) is 10.2. The molecule has 0 spiro atoms. The normalized spacial score (nSPS) is 20.2. The third-order valence-electron chi connectivity index (χ3n) is 4.29. The van der Waals surface area contributed by atoms with Crippen LogP contribution in [0.1, 0.15) is 29.9 Å². The molecule has 1 unspecified atom stereocenters. The Hall–Kier alpha value is -1.46. The van der Waals surface area contributed by atoms with Crippen molar-refractivity contribution in [3.63, 3.8) is 0 Å². The SMILES string of the molecule is CNCC1CCCN(Cc2cn3c(C)cc(C)nc3n2)C1. The molecule has 0 bridgehead atoms. The summed E-state index contributed by atoms with van der Waals surface area (Å²) in [7, 11) is 2.04. The van der Waals surface area contributed by atoms with Gasteiger partial charge in [-0.05, 0) is 58.8 Å². The van der Waals surface area contributed by atoms with Gasteiger partial charge >= 0.3 is 0 Å². The Balaban J connectivity index is 1.74. The van der Waals surface area contributed by atoms with Crippen molar-refractivity contribution in [2.24, 2.45) is 5.92 Å². The Labute approximate surface area is 126 Å². The summed E-state index contributed by atoms with van der Waals surface area (Å²) < 4.78 is 2.09. The molecule has 1 N–H and O–H groups in total. The van der Waals surface area contributed by atoms with E-state index >= 15 is 0 Å². The lowest BCUT2D eigenvalue weighted by Crippen LogP contribution is -2.38. The maximum atomic E-state index is 4.69. The van der Waals surface area contributed by atoms with Crippen LogP contribution in [0.15, 0.2) is 12.3 Å². The zero-order chi connectivity index (χ0) is 14.8. The van der Waals surface area contributed by atoms with Crippen molar-refractivity contribution < 1.29 is 0 Å². The molecular formula is C16H25N5. The molecule has 1 aliphatic heterocycles. The minimum atomic E-state index is 0.767. The fourth-order valence-corrected chi connectivity index (χ4v) is 3.37. The molecule has 1 aliphatic rings. The molecule has 0 amide bonds. The second-order valence-corrected chi connectivity index (χ2v) is 6.24. The Bertz CT molecular complexity index is 616. The summed E-state index contributed by atoms with van der Waals surface area (Å²) in [5.74, 6) is 1.59. The van der Waals surface area contributed by atoms with E-state index in [0.29, 0.717) is 0 Å². The largest absolute Gasteiger partial charge is 0.319 e. The summed E-state index contributed by atoms with van der Waals surface area (Å²) in [6.45, 7) is 8.52. The van der Waals surface area contributed by atoms with E-state index < -0.39 is 0 Å². The molecule has 1 atom stereocenters. The van der Waals surface area contributed by atoms with E-state index in [1.807, 2.05) is 14.0 Å². The first-order valence-electron chi connectivity index (χ1n) is 7.85. The van der Waals surface area contributed by atoms with Crippen LogP contribution in [0.5, 0.6) is 0 Å². The van der Waals surface area contributed by atoms with Gasteiger partial charge in [0.25, 0.3) is 0 Å². The molecular weight excluding hydrogens is 262 g/mol. The molecule has 5 nitrogen and oxygen atoms in total. The molecule has 0 aliphatic carbocycles. The fraction of sp³-hybridized carbons (Fsp3) is 0.625. The number of nitrogens with one attached hydrogen (secondary N) is 1. The summed E-state index contributed by atoms with van der Waals surface area (Å²) in [6.07, 6.45) is 4.76. The zero-order valence-corrected chi connectivity index (χ0v) is 13.3. The van der Waals surface area contributed by atoms with E-state index in [1.54, 1.807) is 0 Å². The highest BCUT2D eigenvalue weighted by molar-refractivity contribution is 5.34. The number of likely N-dealkylation sites (tertiary alicyclic amines) is 1. The predicted molar refractivity (Wildman–Crippen MR) is 84.4 cm³/mol. The highest BCUT2D eigenvalue weighted by Crippen LogP contribution is 2.18. The van der Waals surface area contributed by atoms with Crippen LogP contribution < -0.4 is 5.32 Å². The van der Waals surface area contributed by atoms with Crippen LogP contribution in [0.3, 0.4) is 0 Å². The van der Waals surface area contributed by atoms with Crippen molar-refractivity contribution in [2.45, 2.75) is 33.2 Å². The van der Waals surface area contributed by atoms with Gasteiger partial charge in [0.1, 0.15) is 0 Å². The van der Waals surface area contributed by atoms with E-state index in [0.717, 1.165) is 36.2 Å². The molecule has 0 radical (unpaired) electrons. The number of rotatable bonds is 4. The second kappa shape index (κ2) is 6.12. The topological polar surface area (TPSA) is 45.5 Å². The van der Waals surface area contributed by atoms with E-state index in [-0.39, 0.29) is 0 Å². The molecule has 3 rings (SSSR count). The summed E-state index contributed by atoms with van der Waals surface area (Å²) >= 11 is 0. The average Bonchev–Trinajstić information content (AvgIpc) is 2.82. The number of piperidine rings is 1. The summed E-state index contributed by atoms with van der Waals surface area (Å²) in [4.78, 5) is 11.7. The molecule has 21 heavy (non-hydrogen) atoms. The summed E-state index contributed by atoms with van der Waals surface area (Å²) in [5, 5.41) is 3.30. The van der Waals surface area contributed by atoms with Gasteiger partial charge in [-0.25, -0.2) is 9.97 Å². The number of hydrogen-bond acceptors (Lipinski definition) is 4. The lowest BCUT2D eigenvalue weighted by atomic mass is 9.98. The van der Waals surface area contributed by atoms with E-state index in [1.165, 1.54) is 31.6 Å². The zero-order valence-electron chi connectivity index (χ0n) is 13.3. The maximum Gasteiger partial charge on any atom is 0.234 e. The highest BCUT2D eigenvalue weighted by atomic mass is 15.2. The minimum Gasteiger partial charge on any atom is -0.319 e. The van der Waals surface area contributed by atoms with Crippen LogP contribution >= 0.6 is 0 Å². The van der Waals surface area contributed by atoms with Crippen molar-refractivity contribution >= 4 is 5.78 Å². The molecule has 114 valence electrons. The van der Waals surface area contributed by atoms with Gasteiger partial charge in [0, 0.05) is 30.7 Å². The van der Waals surface area contributed by atoms with Gasteiger partial charge in [-0.1, -0.05) is 0 Å². The fourth-order valence-electron chi connectivity index (χ4n) is 3.37. The van der Waals surface area contributed by atoms with E-state index in [2.05, 4.69) is 38.8 Å².